The molecule has 0 heterocycles. The molecule has 4 heteroatoms. The lowest BCUT2D eigenvalue weighted by molar-refractivity contribution is 0.0698. The Morgan fingerprint density at radius 3 is 2.59 bits per heavy atom. The highest BCUT2D eigenvalue weighted by atomic mass is 16.4. The Bertz CT molecular complexity index is 387. The van der Waals surface area contributed by atoms with E-state index in [0.717, 1.165) is 19.4 Å². The number of anilines is 2. The van der Waals surface area contributed by atoms with Crippen molar-refractivity contribution >= 4 is 17.3 Å². The third-order valence-electron chi connectivity index (χ3n) is 3.07. The molecule has 0 atom stereocenters. The first-order valence-corrected chi connectivity index (χ1v) is 5.95. The van der Waals surface area contributed by atoms with Crippen LogP contribution in [0.4, 0.5) is 11.4 Å². The molecule has 4 nitrogen and oxygen atoms in total. The minimum Gasteiger partial charge on any atom is -0.478 e. The van der Waals surface area contributed by atoms with Crippen molar-refractivity contribution in [2.24, 2.45) is 5.92 Å². The number of carbonyl (C=O) groups is 1. The summed E-state index contributed by atoms with van der Waals surface area (Å²) in [4.78, 5) is 10.9. The Hall–Kier alpha value is -1.71. The van der Waals surface area contributed by atoms with Gasteiger partial charge in [-0.2, -0.15) is 0 Å². The molecule has 0 radical (unpaired) electrons. The van der Waals surface area contributed by atoms with Crippen LogP contribution in [0.15, 0.2) is 18.2 Å². The smallest absolute Gasteiger partial charge is 0.337 e. The summed E-state index contributed by atoms with van der Waals surface area (Å²) in [6, 6.07) is 5.03. The highest BCUT2D eigenvalue weighted by Crippen LogP contribution is 2.23. The Labute approximate surface area is 102 Å². The van der Waals surface area contributed by atoms with Crippen LogP contribution >= 0.6 is 0 Å². The fourth-order valence-electron chi connectivity index (χ4n) is 1.74. The summed E-state index contributed by atoms with van der Waals surface area (Å²) >= 11 is 0. The van der Waals surface area contributed by atoms with Gasteiger partial charge in [0.05, 0.1) is 16.9 Å². The van der Waals surface area contributed by atoms with Gasteiger partial charge in [-0.25, -0.2) is 4.79 Å². The van der Waals surface area contributed by atoms with Gasteiger partial charge in [0.1, 0.15) is 0 Å². The molecule has 0 spiro atoms. The number of hydrogen-bond donors (Lipinski definition) is 3. The van der Waals surface area contributed by atoms with E-state index in [1.165, 1.54) is 6.07 Å². The van der Waals surface area contributed by atoms with Gasteiger partial charge in [-0.3, -0.25) is 0 Å². The number of rotatable bonds is 6. The Kier molecular flexibility index (Phi) is 4.82. The molecule has 0 unspecified atom stereocenters. The summed E-state index contributed by atoms with van der Waals surface area (Å²) in [6.07, 6.45) is 2.20. The van der Waals surface area contributed by atoms with E-state index in [1.54, 1.807) is 6.07 Å². The molecule has 1 rings (SSSR count). The van der Waals surface area contributed by atoms with Crippen LogP contribution < -0.4 is 11.1 Å². The number of carboxylic acids is 1. The van der Waals surface area contributed by atoms with Crippen molar-refractivity contribution in [1.82, 2.24) is 0 Å². The monoisotopic (exact) mass is 236 g/mol. The Balaban J connectivity index is 2.78. The van der Waals surface area contributed by atoms with Crippen LogP contribution in [0.3, 0.4) is 0 Å². The van der Waals surface area contributed by atoms with Gasteiger partial charge in [-0.05, 0) is 18.1 Å². The predicted molar refractivity (Wildman–Crippen MR) is 70.4 cm³/mol. The van der Waals surface area contributed by atoms with Gasteiger partial charge < -0.3 is 16.2 Å². The summed E-state index contributed by atoms with van der Waals surface area (Å²) < 4.78 is 0. The average Bonchev–Trinajstić information content (AvgIpc) is 2.32. The zero-order valence-corrected chi connectivity index (χ0v) is 10.4. The molecule has 0 amide bonds. The first kappa shape index (κ1) is 13.4. The molecule has 17 heavy (non-hydrogen) atoms. The van der Waals surface area contributed by atoms with Crippen molar-refractivity contribution in [2.45, 2.75) is 26.7 Å². The first-order valence-electron chi connectivity index (χ1n) is 5.95. The molecular formula is C13H20N2O2. The van der Waals surface area contributed by atoms with Gasteiger partial charge in [0.2, 0.25) is 0 Å². The fourth-order valence-corrected chi connectivity index (χ4v) is 1.74. The number of carboxylic acid groups (broad SMARTS) is 1. The van der Waals surface area contributed by atoms with Crippen molar-refractivity contribution in [3.63, 3.8) is 0 Å². The highest BCUT2D eigenvalue weighted by Gasteiger charge is 2.11. The van der Waals surface area contributed by atoms with Crippen molar-refractivity contribution in [3.8, 4) is 0 Å². The van der Waals surface area contributed by atoms with Gasteiger partial charge in [-0.15, -0.1) is 0 Å². The Morgan fingerprint density at radius 2 is 2.06 bits per heavy atom. The zero-order valence-electron chi connectivity index (χ0n) is 10.4. The van der Waals surface area contributed by atoms with Gasteiger partial charge in [0.15, 0.2) is 0 Å². The highest BCUT2D eigenvalue weighted by molar-refractivity contribution is 5.97. The molecule has 4 N–H and O–H groups in total. The van der Waals surface area contributed by atoms with Crippen molar-refractivity contribution in [3.05, 3.63) is 23.8 Å². The molecule has 0 fully saturated rings. The van der Waals surface area contributed by atoms with E-state index in [4.69, 9.17) is 10.8 Å². The van der Waals surface area contributed by atoms with Gasteiger partial charge >= 0.3 is 5.97 Å². The van der Waals surface area contributed by atoms with Crippen LogP contribution in [0.1, 0.15) is 37.0 Å². The lowest BCUT2D eigenvalue weighted by Crippen LogP contribution is -2.14. The van der Waals surface area contributed by atoms with E-state index < -0.39 is 5.97 Å². The molecule has 94 valence electrons. The summed E-state index contributed by atoms with van der Waals surface area (Å²) in [7, 11) is 0. The third-order valence-corrected chi connectivity index (χ3v) is 3.07. The summed E-state index contributed by atoms with van der Waals surface area (Å²) in [6.45, 7) is 5.11. The molecule has 1 aromatic carbocycles. The van der Waals surface area contributed by atoms with Crippen molar-refractivity contribution in [1.29, 1.82) is 0 Å². The number of nitrogens with one attached hydrogen (secondary N) is 1. The normalized spacial score (nSPS) is 10.5. The molecule has 1 aromatic rings. The van der Waals surface area contributed by atoms with Crippen molar-refractivity contribution < 1.29 is 9.90 Å². The van der Waals surface area contributed by atoms with Crippen LogP contribution in [0.2, 0.25) is 0 Å². The standard InChI is InChI=1S/C13H20N2O2/c1-3-9(4-2)8-15-11-7-5-6-10(12(11)14)13(16)17/h5-7,9,15H,3-4,8,14H2,1-2H3,(H,16,17). The topological polar surface area (TPSA) is 75.3 Å². The number of nitrogen functional groups attached to an aromatic ring is 1. The van der Waals surface area contributed by atoms with Crippen molar-refractivity contribution in [2.75, 3.05) is 17.6 Å². The molecule has 0 bridgehead atoms. The molecule has 0 saturated carbocycles. The zero-order chi connectivity index (χ0) is 12.8. The second-order valence-electron chi connectivity index (χ2n) is 4.14. The van der Waals surface area contributed by atoms with E-state index in [1.807, 2.05) is 6.07 Å². The van der Waals surface area contributed by atoms with Crippen LogP contribution in [0.25, 0.3) is 0 Å². The number of para-hydroxylation sites is 1. The average molecular weight is 236 g/mol. The lowest BCUT2D eigenvalue weighted by Gasteiger charge is -2.16. The van der Waals surface area contributed by atoms with Gasteiger partial charge in [0.25, 0.3) is 0 Å². The van der Waals surface area contributed by atoms with E-state index in [2.05, 4.69) is 19.2 Å². The van der Waals surface area contributed by atoms with E-state index in [-0.39, 0.29) is 5.56 Å². The summed E-state index contributed by atoms with van der Waals surface area (Å²) in [5, 5.41) is 12.2. The lowest BCUT2D eigenvalue weighted by atomic mass is 10.0. The maximum absolute atomic E-state index is 10.9. The van der Waals surface area contributed by atoms with Crippen LogP contribution in [-0.4, -0.2) is 17.6 Å². The second kappa shape index (κ2) is 6.13. The molecule has 0 aliphatic rings. The first-order chi connectivity index (χ1) is 8.10. The number of aromatic carboxylic acids is 1. The third kappa shape index (κ3) is 3.37. The predicted octanol–water partition coefficient (Wildman–Crippen LogP) is 2.82. The maximum Gasteiger partial charge on any atom is 0.337 e. The number of hydrogen-bond acceptors (Lipinski definition) is 3. The summed E-state index contributed by atoms with van der Waals surface area (Å²) in [5.74, 6) is -0.406. The molecular weight excluding hydrogens is 216 g/mol. The quantitative estimate of drug-likeness (QED) is 0.664. The minimum absolute atomic E-state index is 0.152. The molecule has 0 saturated heterocycles. The molecule has 0 aliphatic heterocycles. The molecule has 0 aromatic heterocycles. The van der Waals surface area contributed by atoms with Gasteiger partial charge in [0, 0.05) is 6.54 Å². The largest absolute Gasteiger partial charge is 0.478 e. The van der Waals surface area contributed by atoms with Crippen LogP contribution in [0.5, 0.6) is 0 Å². The molecule has 0 aliphatic carbocycles. The van der Waals surface area contributed by atoms with E-state index in [0.29, 0.717) is 17.3 Å². The maximum atomic E-state index is 10.9. The minimum atomic E-state index is -0.992. The summed E-state index contributed by atoms with van der Waals surface area (Å²) in [5.41, 5.74) is 6.98. The number of nitrogens with two attached hydrogens (primary N) is 1. The van der Waals surface area contributed by atoms with E-state index in [9.17, 15) is 4.79 Å². The Morgan fingerprint density at radius 1 is 1.41 bits per heavy atom. The second-order valence-corrected chi connectivity index (χ2v) is 4.14. The van der Waals surface area contributed by atoms with Crippen LogP contribution in [0, 0.1) is 5.92 Å². The van der Waals surface area contributed by atoms with Gasteiger partial charge in [-0.1, -0.05) is 32.8 Å². The SMILES string of the molecule is CCC(CC)CNc1cccc(C(=O)O)c1N. The van der Waals surface area contributed by atoms with E-state index >= 15 is 0 Å². The van der Waals surface area contributed by atoms with Crippen LogP contribution in [-0.2, 0) is 0 Å². The fraction of sp³-hybridized carbons (Fsp3) is 0.462. The number of benzene rings is 1.